The third-order valence-electron chi connectivity index (χ3n) is 4.50. The summed E-state index contributed by atoms with van der Waals surface area (Å²) in [5.74, 6) is -1.17. The van der Waals surface area contributed by atoms with E-state index in [2.05, 4.69) is 10.3 Å². The molecular formula is C19H17N3O4. The molecule has 3 amide bonds. The number of nitrogens with one attached hydrogen (secondary N) is 2. The Hall–Kier alpha value is -3.35. The number of ether oxygens (including phenoxy) is 1. The maximum absolute atomic E-state index is 12.4. The van der Waals surface area contributed by atoms with Gasteiger partial charge < -0.3 is 15.0 Å². The fourth-order valence-electron chi connectivity index (χ4n) is 3.17. The van der Waals surface area contributed by atoms with E-state index in [4.69, 9.17) is 4.74 Å². The molecule has 1 aliphatic heterocycles. The zero-order chi connectivity index (χ0) is 18.3. The number of hydrogen-bond donors (Lipinski definition) is 2. The van der Waals surface area contributed by atoms with E-state index in [1.165, 1.54) is 6.92 Å². The lowest BCUT2D eigenvalue weighted by molar-refractivity contribution is -0.136. The van der Waals surface area contributed by atoms with Gasteiger partial charge in [-0.3, -0.25) is 9.69 Å². The number of nitrogens with zero attached hydrogens (tertiary/aromatic N) is 1. The van der Waals surface area contributed by atoms with Crippen molar-refractivity contribution in [1.29, 1.82) is 0 Å². The second-order valence-corrected chi connectivity index (χ2v) is 6.20. The van der Waals surface area contributed by atoms with Crippen LogP contribution in [0.5, 0.6) is 0 Å². The van der Waals surface area contributed by atoms with E-state index in [9.17, 15) is 14.4 Å². The van der Waals surface area contributed by atoms with Gasteiger partial charge in [-0.15, -0.1) is 0 Å². The highest BCUT2D eigenvalue weighted by atomic mass is 16.5. The molecule has 2 N–H and O–H groups in total. The van der Waals surface area contributed by atoms with Gasteiger partial charge in [0, 0.05) is 24.0 Å². The minimum Gasteiger partial charge on any atom is -0.448 e. The van der Waals surface area contributed by atoms with Crippen molar-refractivity contribution in [3.8, 4) is 0 Å². The molecule has 0 saturated carbocycles. The van der Waals surface area contributed by atoms with Crippen LogP contribution >= 0.6 is 0 Å². The van der Waals surface area contributed by atoms with Crippen LogP contribution < -0.4 is 5.32 Å². The van der Waals surface area contributed by atoms with E-state index in [1.54, 1.807) is 6.07 Å². The summed E-state index contributed by atoms with van der Waals surface area (Å²) in [6.07, 6.45) is -1.05. The third kappa shape index (κ3) is 2.67. The molecule has 3 aromatic rings. The molecule has 1 aliphatic rings. The monoisotopic (exact) mass is 351 g/mol. The molecule has 0 aliphatic carbocycles. The highest BCUT2D eigenvalue weighted by Gasteiger charge is 2.32. The Morgan fingerprint density at radius 3 is 2.73 bits per heavy atom. The molecule has 1 atom stereocenters. The molecule has 0 spiro atoms. The molecule has 2 heterocycles. The van der Waals surface area contributed by atoms with Crippen molar-refractivity contribution in [3.05, 3.63) is 48.2 Å². The molecule has 1 saturated heterocycles. The second kappa shape index (κ2) is 6.18. The topological polar surface area (TPSA) is 91.5 Å². The van der Waals surface area contributed by atoms with E-state index in [0.29, 0.717) is 6.54 Å². The van der Waals surface area contributed by atoms with Crippen LogP contribution in [0.2, 0.25) is 0 Å². The molecule has 1 aromatic heterocycles. The number of carbonyl (C=O) groups is 3. The van der Waals surface area contributed by atoms with Gasteiger partial charge >= 0.3 is 12.0 Å². The fourth-order valence-corrected chi connectivity index (χ4v) is 3.17. The van der Waals surface area contributed by atoms with Crippen LogP contribution in [0.15, 0.2) is 42.5 Å². The number of fused-ring (bicyclic) bond motifs is 3. The van der Waals surface area contributed by atoms with Crippen molar-refractivity contribution in [1.82, 2.24) is 15.2 Å². The van der Waals surface area contributed by atoms with Gasteiger partial charge in [0.25, 0.3) is 5.91 Å². The molecule has 4 rings (SSSR count). The number of H-pyrrole nitrogens is 1. The Morgan fingerprint density at radius 1 is 1.15 bits per heavy atom. The number of imide groups is 1. The molecule has 132 valence electrons. The van der Waals surface area contributed by atoms with E-state index < -0.39 is 24.0 Å². The van der Waals surface area contributed by atoms with Crippen LogP contribution in [0.3, 0.4) is 0 Å². The van der Waals surface area contributed by atoms with Gasteiger partial charge in [-0.05, 0) is 29.8 Å². The first-order valence-corrected chi connectivity index (χ1v) is 8.35. The van der Waals surface area contributed by atoms with E-state index in [-0.39, 0.29) is 12.2 Å². The van der Waals surface area contributed by atoms with E-state index in [1.807, 2.05) is 36.4 Å². The first-order valence-electron chi connectivity index (χ1n) is 8.35. The van der Waals surface area contributed by atoms with Crippen LogP contribution in [0.25, 0.3) is 21.7 Å². The maximum Gasteiger partial charge on any atom is 0.355 e. The third-order valence-corrected chi connectivity index (χ3v) is 4.50. The maximum atomic E-state index is 12.4. The van der Waals surface area contributed by atoms with Crippen LogP contribution in [0.1, 0.15) is 17.4 Å². The quantitative estimate of drug-likeness (QED) is 0.709. The number of aromatic amines is 1. The van der Waals surface area contributed by atoms with Crippen LogP contribution in [0.4, 0.5) is 4.79 Å². The Bertz CT molecular complexity index is 1040. The van der Waals surface area contributed by atoms with Gasteiger partial charge in [0.05, 0.1) is 0 Å². The molecule has 26 heavy (non-hydrogen) atoms. The van der Waals surface area contributed by atoms with Crippen molar-refractivity contribution in [2.24, 2.45) is 0 Å². The average Bonchev–Trinajstić information content (AvgIpc) is 3.27. The summed E-state index contributed by atoms with van der Waals surface area (Å²) in [5, 5.41) is 5.55. The zero-order valence-corrected chi connectivity index (χ0v) is 14.1. The number of benzene rings is 2. The largest absolute Gasteiger partial charge is 0.448 e. The molecule has 1 fully saturated rings. The van der Waals surface area contributed by atoms with Gasteiger partial charge in [-0.2, -0.15) is 0 Å². The Morgan fingerprint density at radius 2 is 1.96 bits per heavy atom. The lowest BCUT2D eigenvalue weighted by Gasteiger charge is -2.17. The minimum atomic E-state index is -1.05. The minimum absolute atomic E-state index is 0.266. The predicted molar refractivity (Wildman–Crippen MR) is 95.8 cm³/mol. The summed E-state index contributed by atoms with van der Waals surface area (Å²) in [7, 11) is 0. The Kier molecular flexibility index (Phi) is 3.84. The predicted octanol–water partition coefficient (Wildman–Crippen LogP) is 2.42. The van der Waals surface area contributed by atoms with Crippen molar-refractivity contribution in [3.63, 3.8) is 0 Å². The highest BCUT2D eigenvalue weighted by molar-refractivity contribution is 6.09. The first kappa shape index (κ1) is 16.1. The van der Waals surface area contributed by atoms with E-state index >= 15 is 0 Å². The Labute approximate surface area is 148 Å². The van der Waals surface area contributed by atoms with Crippen LogP contribution in [0, 0.1) is 0 Å². The summed E-state index contributed by atoms with van der Waals surface area (Å²) in [6, 6.07) is 13.0. The normalized spacial score (nSPS) is 15.3. The Balaban J connectivity index is 1.57. The molecular weight excluding hydrogens is 334 g/mol. The van der Waals surface area contributed by atoms with Gasteiger partial charge in [0.2, 0.25) is 0 Å². The van der Waals surface area contributed by atoms with Crippen molar-refractivity contribution in [2.75, 3.05) is 13.1 Å². The summed E-state index contributed by atoms with van der Waals surface area (Å²) in [6.45, 7) is 2.14. The molecule has 7 nitrogen and oxygen atoms in total. The fraction of sp³-hybridized carbons (Fsp3) is 0.211. The number of hydrogen-bond acceptors (Lipinski definition) is 4. The van der Waals surface area contributed by atoms with Crippen LogP contribution in [-0.2, 0) is 9.53 Å². The SMILES string of the molecule is C[C@H](OC(=O)c1cc2c(ccc3ccccc32)[nH]1)C(=O)N1CCNC1=O. The van der Waals surface area contributed by atoms with Crippen LogP contribution in [-0.4, -0.2) is 47.0 Å². The molecule has 0 unspecified atom stereocenters. The number of amides is 3. The first-order chi connectivity index (χ1) is 12.5. The number of aromatic nitrogens is 1. The molecule has 0 bridgehead atoms. The summed E-state index contributed by atoms with van der Waals surface area (Å²) >= 11 is 0. The van der Waals surface area contributed by atoms with Gasteiger partial charge in [-0.25, -0.2) is 9.59 Å². The van der Waals surface area contributed by atoms with Gasteiger partial charge in [0.1, 0.15) is 5.69 Å². The molecule has 7 heteroatoms. The van der Waals surface area contributed by atoms with Crippen molar-refractivity contribution >= 4 is 39.6 Å². The summed E-state index contributed by atoms with van der Waals surface area (Å²) in [5.41, 5.74) is 1.08. The van der Waals surface area contributed by atoms with Crippen molar-refractivity contribution in [2.45, 2.75) is 13.0 Å². The zero-order valence-electron chi connectivity index (χ0n) is 14.1. The smallest absolute Gasteiger partial charge is 0.355 e. The number of esters is 1. The van der Waals surface area contributed by atoms with E-state index in [0.717, 1.165) is 26.6 Å². The average molecular weight is 351 g/mol. The number of urea groups is 1. The van der Waals surface area contributed by atoms with Crippen molar-refractivity contribution < 1.29 is 19.1 Å². The molecule has 0 radical (unpaired) electrons. The standard InChI is InChI=1S/C19H17N3O4/c1-11(17(23)22-9-8-20-19(22)25)26-18(24)16-10-14-13-5-3-2-4-12(13)6-7-15(14)21-16/h2-7,10-11,21H,8-9H2,1H3,(H,20,25)/t11-/m0/s1. The molecule has 2 aromatic carbocycles. The second-order valence-electron chi connectivity index (χ2n) is 6.20. The lowest BCUT2D eigenvalue weighted by Crippen LogP contribution is -2.41. The number of carbonyl (C=O) groups excluding carboxylic acids is 3. The highest BCUT2D eigenvalue weighted by Crippen LogP contribution is 2.26. The summed E-state index contributed by atoms with van der Waals surface area (Å²) in [4.78, 5) is 40.3. The van der Waals surface area contributed by atoms with Gasteiger partial charge in [0.15, 0.2) is 6.10 Å². The number of rotatable bonds is 3. The lowest BCUT2D eigenvalue weighted by atomic mass is 10.1. The summed E-state index contributed by atoms with van der Waals surface area (Å²) < 4.78 is 5.26. The van der Waals surface area contributed by atoms with Gasteiger partial charge in [-0.1, -0.05) is 30.3 Å².